The Hall–Kier alpha value is -0.720. The van der Waals surface area contributed by atoms with Crippen LogP contribution in [-0.2, 0) is 6.54 Å². The van der Waals surface area contributed by atoms with Crippen molar-refractivity contribution in [1.29, 1.82) is 0 Å². The summed E-state index contributed by atoms with van der Waals surface area (Å²) in [4.78, 5) is 2.22. The van der Waals surface area contributed by atoms with Gasteiger partial charge in [0.1, 0.15) is 5.01 Å². The van der Waals surface area contributed by atoms with Gasteiger partial charge in [0.2, 0.25) is 5.13 Å². The van der Waals surface area contributed by atoms with Crippen LogP contribution in [0.5, 0.6) is 0 Å². The number of aliphatic hydroxyl groups excluding tert-OH is 1. The van der Waals surface area contributed by atoms with Crippen LogP contribution in [0.3, 0.4) is 0 Å². The molecule has 5 nitrogen and oxygen atoms in total. The van der Waals surface area contributed by atoms with Crippen LogP contribution >= 0.6 is 11.3 Å². The molecule has 1 aromatic rings. The van der Waals surface area contributed by atoms with Crippen LogP contribution in [-0.4, -0.2) is 45.9 Å². The number of aliphatic hydroxyl groups is 1. The highest BCUT2D eigenvalue weighted by Crippen LogP contribution is 2.24. The first kappa shape index (κ1) is 14.7. The normalized spacial score (nSPS) is 23.8. The number of rotatable bonds is 6. The van der Waals surface area contributed by atoms with E-state index < -0.39 is 0 Å². The lowest BCUT2D eigenvalue weighted by Crippen LogP contribution is -2.42. The molecule has 0 spiro atoms. The molecule has 2 rings (SSSR count). The first-order valence-electron chi connectivity index (χ1n) is 7.15. The first-order valence-corrected chi connectivity index (χ1v) is 7.97. The number of nitrogens with one attached hydrogen (secondary N) is 1. The molecule has 1 fully saturated rings. The topological polar surface area (TPSA) is 61.3 Å². The van der Waals surface area contributed by atoms with E-state index in [0.717, 1.165) is 48.9 Å². The highest BCUT2D eigenvalue weighted by molar-refractivity contribution is 7.15. The standard InChI is InChI=1S/C13H24N4OS/c1-3-8-14-13-16-15-12(19-13)9-17(2)10-6-4-5-7-11(10)18/h10-11,18H,3-9H2,1-2H3,(H,14,16). The highest BCUT2D eigenvalue weighted by atomic mass is 32.1. The summed E-state index contributed by atoms with van der Waals surface area (Å²) in [5, 5.41) is 23.6. The van der Waals surface area contributed by atoms with Crippen LogP contribution in [0, 0.1) is 0 Å². The van der Waals surface area contributed by atoms with Gasteiger partial charge >= 0.3 is 0 Å². The van der Waals surface area contributed by atoms with Crippen molar-refractivity contribution in [3.05, 3.63) is 5.01 Å². The van der Waals surface area contributed by atoms with Gasteiger partial charge in [-0.2, -0.15) is 0 Å². The van der Waals surface area contributed by atoms with E-state index in [0.29, 0.717) is 0 Å². The Morgan fingerprint density at radius 1 is 1.37 bits per heavy atom. The minimum atomic E-state index is -0.190. The maximum Gasteiger partial charge on any atom is 0.205 e. The van der Waals surface area contributed by atoms with Gasteiger partial charge in [0.05, 0.1) is 12.6 Å². The molecule has 0 aliphatic heterocycles. The Morgan fingerprint density at radius 2 is 2.16 bits per heavy atom. The summed E-state index contributed by atoms with van der Waals surface area (Å²) < 4.78 is 0. The van der Waals surface area contributed by atoms with E-state index in [1.54, 1.807) is 11.3 Å². The second kappa shape index (κ2) is 7.17. The minimum absolute atomic E-state index is 0.190. The Labute approximate surface area is 119 Å². The predicted molar refractivity (Wildman–Crippen MR) is 78.4 cm³/mol. The molecule has 0 radical (unpaired) electrons. The Morgan fingerprint density at radius 3 is 2.89 bits per heavy atom. The highest BCUT2D eigenvalue weighted by Gasteiger charge is 2.27. The Kier molecular flexibility index (Phi) is 5.54. The van der Waals surface area contributed by atoms with Crippen LogP contribution < -0.4 is 5.32 Å². The van der Waals surface area contributed by atoms with Crippen molar-refractivity contribution in [3.63, 3.8) is 0 Å². The second-order valence-electron chi connectivity index (χ2n) is 5.26. The van der Waals surface area contributed by atoms with Crippen molar-refractivity contribution in [2.45, 2.75) is 57.7 Å². The maximum atomic E-state index is 10.1. The van der Waals surface area contributed by atoms with E-state index in [1.165, 1.54) is 6.42 Å². The van der Waals surface area contributed by atoms with Crippen molar-refractivity contribution in [3.8, 4) is 0 Å². The zero-order valence-electron chi connectivity index (χ0n) is 11.8. The fraction of sp³-hybridized carbons (Fsp3) is 0.846. The van der Waals surface area contributed by atoms with Crippen molar-refractivity contribution >= 4 is 16.5 Å². The van der Waals surface area contributed by atoms with E-state index in [4.69, 9.17) is 0 Å². The molecule has 1 saturated carbocycles. The molecule has 1 heterocycles. The monoisotopic (exact) mass is 284 g/mol. The molecule has 1 aliphatic rings. The van der Waals surface area contributed by atoms with Gasteiger partial charge in [0.25, 0.3) is 0 Å². The van der Waals surface area contributed by atoms with Gasteiger partial charge in [-0.1, -0.05) is 31.1 Å². The number of likely N-dealkylation sites (N-methyl/N-ethyl adjacent to an activating group) is 1. The lowest BCUT2D eigenvalue weighted by atomic mass is 9.92. The first-order chi connectivity index (χ1) is 9.20. The minimum Gasteiger partial charge on any atom is -0.391 e. The third-order valence-electron chi connectivity index (χ3n) is 3.64. The SMILES string of the molecule is CCCNc1nnc(CN(C)C2CCCCC2O)s1. The molecule has 0 amide bonds. The number of anilines is 1. The van der Waals surface area contributed by atoms with Crippen molar-refractivity contribution in [1.82, 2.24) is 15.1 Å². The fourth-order valence-corrected chi connectivity index (χ4v) is 3.39. The van der Waals surface area contributed by atoms with E-state index >= 15 is 0 Å². The average Bonchev–Trinajstić information content (AvgIpc) is 2.84. The quantitative estimate of drug-likeness (QED) is 0.837. The molecule has 2 unspecified atom stereocenters. The van der Waals surface area contributed by atoms with Crippen molar-refractivity contribution < 1.29 is 5.11 Å². The molecule has 2 atom stereocenters. The number of hydrogen-bond acceptors (Lipinski definition) is 6. The van der Waals surface area contributed by atoms with Gasteiger partial charge in [-0.15, -0.1) is 10.2 Å². The number of hydrogen-bond donors (Lipinski definition) is 2. The van der Waals surface area contributed by atoms with E-state index in [-0.39, 0.29) is 12.1 Å². The number of nitrogens with zero attached hydrogens (tertiary/aromatic N) is 3. The molecule has 0 bridgehead atoms. The van der Waals surface area contributed by atoms with Crippen LogP contribution in [0.2, 0.25) is 0 Å². The summed E-state index contributed by atoms with van der Waals surface area (Å²) in [5.74, 6) is 0. The molecule has 0 saturated heterocycles. The van der Waals surface area contributed by atoms with E-state index in [2.05, 4.69) is 34.4 Å². The molecule has 0 aromatic carbocycles. The van der Waals surface area contributed by atoms with Gasteiger partial charge in [0.15, 0.2) is 0 Å². The summed E-state index contributed by atoms with van der Waals surface area (Å²) in [6.07, 6.45) is 5.26. The van der Waals surface area contributed by atoms with Crippen LogP contribution in [0.15, 0.2) is 0 Å². The molecule has 1 aromatic heterocycles. The smallest absolute Gasteiger partial charge is 0.205 e. The second-order valence-corrected chi connectivity index (χ2v) is 6.32. The van der Waals surface area contributed by atoms with Gasteiger partial charge in [-0.05, 0) is 26.3 Å². The third kappa shape index (κ3) is 4.12. The summed E-state index contributed by atoms with van der Waals surface area (Å²) in [6.45, 7) is 3.84. The van der Waals surface area contributed by atoms with Crippen LogP contribution in [0.1, 0.15) is 44.0 Å². The van der Waals surface area contributed by atoms with Gasteiger partial charge in [-0.3, -0.25) is 4.90 Å². The largest absolute Gasteiger partial charge is 0.391 e. The molecule has 6 heteroatoms. The van der Waals surface area contributed by atoms with Gasteiger partial charge in [0, 0.05) is 12.6 Å². The van der Waals surface area contributed by atoms with Crippen molar-refractivity contribution in [2.24, 2.45) is 0 Å². The Balaban J connectivity index is 1.87. The average molecular weight is 284 g/mol. The van der Waals surface area contributed by atoms with E-state index in [9.17, 15) is 5.11 Å². The molecular formula is C13H24N4OS. The summed E-state index contributed by atoms with van der Waals surface area (Å²) in [5.41, 5.74) is 0. The summed E-state index contributed by atoms with van der Waals surface area (Å²) in [7, 11) is 2.07. The van der Waals surface area contributed by atoms with Gasteiger partial charge < -0.3 is 10.4 Å². The maximum absolute atomic E-state index is 10.1. The third-order valence-corrected chi connectivity index (χ3v) is 4.50. The molecule has 2 N–H and O–H groups in total. The summed E-state index contributed by atoms with van der Waals surface area (Å²) >= 11 is 1.61. The van der Waals surface area contributed by atoms with Crippen LogP contribution in [0.4, 0.5) is 5.13 Å². The number of aromatic nitrogens is 2. The zero-order chi connectivity index (χ0) is 13.7. The van der Waals surface area contributed by atoms with Crippen LogP contribution in [0.25, 0.3) is 0 Å². The van der Waals surface area contributed by atoms with Gasteiger partial charge in [-0.25, -0.2) is 0 Å². The zero-order valence-corrected chi connectivity index (χ0v) is 12.6. The summed E-state index contributed by atoms with van der Waals surface area (Å²) in [6, 6.07) is 0.268. The molecule has 19 heavy (non-hydrogen) atoms. The lowest BCUT2D eigenvalue weighted by molar-refractivity contribution is 0.0287. The molecule has 1 aliphatic carbocycles. The predicted octanol–water partition coefficient (Wildman–Crippen LogP) is 2.10. The fourth-order valence-electron chi connectivity index (χ4n) is 2.56. The van der Waals surface area contributed by atoms with E-state index in [1.807, 2.05) is 0 Å². The molecular weight excluding hydrogens is 260 g/mol. The van der Waals surface area contributed by atoms with Crippen molar-refractivity contribution in [2.75, 3.05) is 18.9 Å². The Bertz CT molecular complexity index is 384. The molecule has 108 valence electrons. The lowest BCUT2D eigenvalue weighted by Gasteiger charge is -2.34.